The maximum absolute atomic E-state index is 11.3. The summed E-state index contributed by atoms with van der Waals surface area (Å²) in [4.78, 5) is 2.42. The first kappa shape index (κ1) is 21.0. The number of fused-ring (bicyclic) bond motifs is 4. The molecule has 1 unspecified atom stereocenters. The van der Waals surface area contributed by atoms with Crippen molar-refractivity contribution in [3.05, 3.63) is 52.1 Å². The van der Waals surface area contributed by atoms with Crippen molar-refractivity contribution >= 4 is 10.1 Å². The van der Waals surface area contributed by atoms with Crippen LogP contribution < -0.4 is 14.2 Å². The Morgan fingerprint density at radius 3 is 2.40 bits per heavy atom. The van der Waals surface area contributed by atoms with Crippen LogP contribution in [0.1, 0.15) is 33.9 Å². The highest BCUT2D eigenvalue weighted by Crippen LogP contribution is 2.44. The van der Waals surface area contributed by atoms with Crippen molar-refractivity contribution in [3.63, 3.8) is 0 Å². The maximum atomic E-state index is 11.3. The summed E-state index contributed by atoms with van der Waals surface area (Å²) >= 11 is 0. The fourth-order valence-corrected chi connectivity index (χ4v) is 5.19. The Bertz CT molecular complexity index is 1070. The molecule has 1 N–H and O–H groups in total. The molecule has 30 heavy (non-hydrogen) atoms. The highest BCUT2D eigenvalue weighted by molar-refractivity contribution is 7.85. The van der Waals surface area contributed by atoms with Crippen LogP contribution in [0.4, 0.5) is 0 Å². The molecule has 2 aliphatic heterocycles. The molecule has 0 aliphatic carbocycles. The minimum Gasteiger partial charge on any atom is -0.496 e. The lowest BCUT2D eigenvalue weighted by atomic mass is 9.82. The van der Waals surface area contributed by atoms with Crippen molar-refractivity contribution in [3.8, 4) is 17.2 Å². The number of hydrogen-bond acceptors (Lipinski definition) is 6. The van der Waals surface area contributed by atoms with Crippen LogP contribution in [0.3, 0.4) is 0 Å². The zero-order valence-electron chi connectivity index (χ0n) is 17.5. The SMILES string of the molecule is COc1cc2c(cc1OC)C1Cc3ccc(OC)c(CCS(=O)(=O)O)c3CN1CC2. The molecule has 0 bridgehead atoms. The van der Waals surface area contributed by atoms with E-state index in [9.17, 15) is 13.0 Å². The van der Waals surface area contributed by atoms with Gasteiger partial charge in [-0.15, -0.1) is 0 Å². The number of ether oxygens (including phenoxy) is 3. The standard InChI is InChI=1S/C22H27NO6S/c1-27-20-5-4-14-10-19-17-12-22(29-3)21(28-2)11-15(17)6-8-23(19)13-18(14)16(20)7-9-30(24,25)26/h4-5,11-12,19H,6-10,13H2,1-3H3,(H,24,25,26). The third-order valence-corrected chi connectivity index (χ3v) is 6.92. The van der Waals surface area contributed by atoms with Crippen molar-refractivity contribution in [2.45, 2.75) is 31.8 Å². The average molecular weight is 434 g/mol. The van der Waals surface area contributed by atoms with Gasteiger partial charge in [-0.3, -0.25) is 9.45 Å². The van der Waals surface area contributed by atoms with E-state index in [0.29, 0.717) is 12.3 Å². The van der Waals surface area contributed by atoms with Crippen LogP contribution in [-0.4, -0.2) is 51.5 Å². The summed E-state index contributed by atoms with van der Waals surface area (Å²) in [5, 5.41) is 0. The largest absolute Gasteiger partial charge is 0.496 e. The van der Waals surface area contributed by atoms with Gasteiger partial charge in [0, 0.05) is 19.1 Å². The first-order valence-corrected chi connectivity index (χ1v) is 11.6. The molecule has 0 spiro atoms. The van der Waals surface area contributed by atoms with E-state index in [1.807, 2.05) is 6.07 Å². The van der Waals surface area contributed by atoms with E-state index in [-0.39, 0.29) is 18.2 Å². The minimum absolute atomic E-state index is 0.226. The lowest BCUT2D eigenvalue weighted by molar-refractivity contribution is 0.159. The van der Waals surface area contributed by atoms with E-state index in [4.69, 9.17) is 14.2 Å². The van der Waals surface area contributed by atoms with Crippen LogP contribution >= 0.6 is 0 Å². The molecule has 4 rings (SSSR count). The molecule has 0 radical (unpaired) electrons. The summed E-state index contributed by atoms with van der Waals surface area (Å²) in [6, 6.07) is 8.35. The van der Waals surface area contributed by atoms with Gasteiger partial charge in [0.1, 0.15) is 5.75 Å². The Morgan fingerprint density at radius 1 is 1.03 bits per heavy atom. The number of methoxy groups -OCH3 is 3. The molecule has 7 nitrogen and oxygen atoms in total. The third kappa shape index (κ3) is 3.87. The molecule has 0 aromatic heterocycles. The Kier molecular flexibility index (Phi) is 5.65. The van der Waals surface area contributed by atoms with Gasteiger partial charge in [-0.2, -0.15) is 8.42 Å². The zero-order valence-corrected chi connectivity index (χ0v) is 18.3. The molecule has 0 fully saturated rings. The van der Waals surface area contributed by atoms with Gasteiger partial charge in [0.15, 0.2) is 11.5 Å². The molecular weight excluding hydrogens is 406 g/mol. The van der Waals surface area contributed by atoms with Crippen LogP contribution in [0.25, 0.3) is 0 Å². The van der Waals surface area contributed by atoms with Gasteiger partial charge in [-0.05, 0) is 65.3 Å². The summed E-state index contributed by atoms with van der Waals surface area (Å²) in [5.74, 6) is 1.83. The second-order valence-corrected chi connectivity index (χ2v) is 9.34. The van der Waals surface area contributed by atoms with E-state index in [0.717, 1.165) is 42.0 Å². The van der Waals surface area contributed by atoms with Crippen molar-refractivity contribution in [1.82, 2.24) is 4.90 Å². The van der Waals surface area contributed by atoms with E-state index in [1.165, 1.54) is 16.7 Å². The third-order valence-electron chi connectivity index (χ3n) is 6.20. The van der Waals surface area contributed by atoms with Crippen LogP contribution in [-0.2, 0) is 35.9 Å². The number of rotatable bonds is 6. The van der Waals surface area contributed by atoms with Gasteiger partial charge in [-0.1, -0.05) is 6.07 Å². The van der Waals surface area contributed by atoms with Crippen LogP contribution in [0.2, 0.25) is 0 Å². The molecule has 0 saturated carbocycles. The first-order valence-electron chi connectivity index (χ1n) is 9.96. The van der Waals surface area contributed by atoms with Crippen LogP contribution in [0.15, 0.2) is 24.3 Å². The molecule has 2 aliphatic rings. The predicted molar refractivity (Wildman–Crippen MR) is 113 cm³/mol. The second-order valence-electron chi connectivity index (χ2n) is 7.77. The van der Waals surface area contributed by atoms with Gasteiger partial charge >= 0.3 is 0 Å². The molecule has 0 saturated heterocycles. The average Bonchev–Trinajstić information content (AvgIpc) is 2.74. The molecule has 2 aromatic carbocycles. The zero-order chi connectivity index (χ0) is 21.5. The molecule has 2 aromatic rings. The van der Waals surface area contributed by atoms with Gasteiger partial charge in [0.25, 0.3) is 10.1 Å². The van der Waals surface area contributed by atoms with Gasteiger partial charge in [0.2, 0.25) is 0 Å². The molecule has 0 amide bonds. The summed E-state index contributed by atoms with van der Waals surface area (Å²) < 4.78 is 48.4. The topological polar surface area (TPSA) is 85.3 Å². The number of benzene rings is 2. The molecule has 1 atom stereocenters. The molecule has 162 valence electrons. The van der Waals surface area contributed by atoms with Gasteiger partial charge < -0.3 is 14.2 Å². The first-order chi connectivity index (χ1) is 14.3. The van der Waals surface area contributed by atoms with Crippen molar-refractivity contribution < 1.29 is 27.2 Å². The Labute approximate surface area is 177 Å². The molecule has 8 heteroatoms. The monoisotopic (exact) mass is 433 g/mol. The Balaban J connectivity index is 1.72. The van der Waals surface area contributed by atoms with Crippen LogP contribution in [0, 0.1) is 0 Å². The lowest BCUT2D eigenvalue weighted by Gasteiger charge is -2.42. The van der Waals surface area contributed by atoms with Gasteiger partial charge in [-0.25, -0.2) is 0 Å². The number of nitrogens with zero attached hydrogens (tertiary/aromatic N) is 1. The van der Waals surface area contributed by atoms with E-state index in [2.05, 4.69) is 23.1 Å². The highest BCUT2D eigenvalue weighted by Gasteiger charge is 2.34. The summed E-state index contributed by atoms with van der Waals surface area (Å²) in [6.45, 7) is 1.62. The van der Waals surface area contributed by atoms with Crippen molar-refractivity contribution in [2.75, 3.05) is 33.6 Å². The Hall–Kier alpha value is -2.29. The van der Waals surface area contributed by atoms with E-state index in [1.54, 1.807) is 21.3 Å². The predicted octanol–water partition coefficient (Wildman–Crippen LogP) is 2.80. The van der Waals surface area contributed by atoms with Crippen molar-refractivity contribution in [1.29, 1.82) is 0 Å². The van der Waals surface area contributed by atoms with Crippen LogP contribution in [0.5, 0.6) is 17.2 Å². The maximum Gasteiger partial charge on any atom is 0.265 e. The summed E-state index contributed by atoms with van der Waals surface area (Å²) in [6.07, 6.45) is 1.96. The highest BCUT2D eigenvalue weighted by atomic mass is 32.2. The Morgan fingerprint density at radius 2 is 1.73 bits per heavy atom. The fourth-order valence-electron chi connectivity index (χ4n) is 4.72. The normalized spacial score (nSPS) is 18.2. The quantitative estimate of drug-likeness (QED) is 0.701. The minimum atomic E-state index is -4.05. The molecular formula is C22H27NO6S. The summed E-state index contributed by atoms with van der Waals surface area (Å²) in [5.41, 5.74) is 5.68. The van der Waals surface area contributed by atoms with Crippen molar-refractivity contribution in [2.24, 2.45) is 0 Å². The molecule has 2 heterocycles. The number of hydrogen-bond donors (Lipinski definition) is 1. The van der Waals surface area contributed by atoms with E-state index >= 15 is 0 Å². The fraction of sp³-hybridized carbons (Fsp3) is 0.455. The smallest absolute Gasteiger partial charge is 0.265 e. The van der Waals surface area contributed by atoms with Gasteiger partial charge in [0.05, 0.1) is 27.1 Å². The van der Waals surface area contributed by atoms with E-state index < -0.39 is 10.1 Å². The summed E-state index contributed by atoms with van der Waals surface area (Å²) in [7, 11) is 0.836. The second kappa shape index (κ2) is 8.09. The lowest BCUT2D eigenvalue weighted by Crippen LogP contribution is -2.40.